The van der Waals surface area contributed by atoms with E-state index in [2.05, 4.69) is 55.5 Å². The monoisotopic (exact) mass is 424 g/mol. The number of pyridine rings is 1. The highest BCUT2D eigenvalue weighted by Gasteiger charge is 2.15. The number of morpholine rings is 1. The van der Waals surface area contributed by atoms with Crippen LogP contribution in [0.5, 0.6) is 5.88 Å². The number of azo groups is 1. The SMILES string of the molecule is Cc1cccc(CN=Nc2cc(N3CCOCC3)cc(OCCN3CCNCC3)n2)c1. The van der Waals surface area contributed by atoms with Crippen molar-refractivity contribution in [1.82, 2.24) is 15.2 Å². The number of ether oxygens (including phenoxy) is 2. The van der Waals surface area contributed by atoms with Crippen molar-refractivity contribution < 1.29 is 9.47 Å². The van der Waals surface area contributed by atoms with Gasteiger partial charge in [-0.05, 0) is 12.5 Å². The second kappa shape index (κ2) is 11.2. The minimum atomic E-state index is 0.532. The first-order chi connectivity index (χ1) is 15.3. The molecule has 0 spiro atoms. The van der Waals surface area contributed by atoms with E-state index >= 15 is 0 Å². The molecule has 8 heteroatoms. The highest BCUT2D eigenvalue weighted by molar-refractivity contribution is 5.55. The average molecular weight is 425 g/mol. The van der Waals surface area contributed by atoms with Gasteiger partial charge in [0.2, 0.25) is 5.88 Å². The van der Waals surface area contributed by atoms with E-state index in [-0.39, 0.29) is 0 Å². The molecule has 1 N–H and O–H groups in total. The lowest BCUT2D eigenvalue weighted by molar-refractivity contribution is 0.122. The molecule has 0 atom stereocenters. The zero-order valence-corrected chi connectivity index (χ0v) is 18.3. The fourth-order valence-corrected chi connectivity index (χ4v) is 3.82. The summed E-state index contributed by atoms with van der Waals surface area (Å²) in [6.07, 6.45) is 0. The number of aromatic nitrogens is 1. The fraction of sp³-hybridized carbons (Fsp3) is 0.522. The lowest BCUT2D eigenvalue weighted by Gasteiger charge is -2.29. The van der Waals surface area contributed by atoms with E-state index < -0.39 is 0 Å². The first-order valence-corrected chi connectivity index (χ1v) is 11.1. The summed E-state index contributed by atoms with van der Waals surface area (Å²) < 4.78 is 11.5. The number of aryl methyl sites for hydroxylation is 1. The molecule has 2 fully saturated rings. The van der Waals surface area contributed by atoms with Crippen molar-refractivity contribution in [2.75, 3.05) is 70.5 Å². The zero-order chi connectivity index (χ0) is 21.3. The van der Waals surface area contributed by atoms with Gasteiger partial charge in [0.15, 0.2) is 5.82 Å². The predicted octanol–water partition coefficient (Wildman–Crippen LogP) is 2.79. The Morgan fingerprint density at radius 1 is 1.10 bits per heavy atom. The van der Waals surface area contributed by atoms with Crippen molar-refractivity contribution in [3.63, 3.8) is 0 Å². The van der Waals surface area contributed by atoms with Crippen molar-refractivity contribution in [2.24, 2.45) is 10.2 Å². The molecule has 0 radical (unpaired) electrons. The molecule has 8 nitrogen and oxygen atoms in total. The zero-order valence-electron chi connectivity index (χ0n) is 18.3. The van der Waals surface area contributed by atoms with Gasteiger partial charge in [-0.3, -0.25) is 4.90 Å². The maximum Gasteiger partial charge on any atom is 0.217 e. The van der Waals surface area contributed by atoms with E-state index in [1.165, 1.54) is 5.56 Å². The van der Waals surface area contributed by atoms with Gasteiger partial charge in [-0.25, -0.2) is 0 Å². The summed E-state index contributed by atoms with van der Waals surface area (Å²) in [7, 11) is 0. The van der Waals surface area contributed by atoms with Gasteiger partial charge >= 0.3 is 0 Å². The minimum Gasteiger partial charge on any atom is -0.476 e. The average Bonchev–Trinajstić information content (AvgIpc) is 2.80. The van der Waals surface area contributed by atoms with Crippen LogP contribution in [0.25, 0.3) is 0 Å². The molecule has 31 heavy (non-hydrogen) atoms. The van der Waals surface area contributed by atoms with Crippen molar-refractivity contribution in [2.45, 2.75) is 13.5 Å². The van der Waals surface area contributed by atoms with Crippen molar-refractivity contribution in [3.05, 3.63) is 47.5 Å². The standard InChI is InChI=1S/C23H32N6O2/c1-19-3-2-4-20(15-19)18-25-27-22-16-21(29-10-12-30-13-11-29)17-23(26-22)31-14-9-28-7-5-24-6-8-28/h2-4,15-17,24H,5-14,18H2,1H3. The van der Waals surface area contributed by atoms with Crippen LogP contribution < -0.4 is 15.0 Å². The topological polar surface area (TPSA) is 74.6 Å². The minimum absolute atomic E-state index is 0.532. The van der Waals surface area contributed by atoms with E-state index in [1.54, 1.807) is 0 Å². The van der Waals surface area contributed by atoms with Gasteiger partial charge < -0.3 is 19.7 Å². The van der Waals surface area contributed by atoms with Gasteiger partial charge in [-0.1, -0.05) is 29.8 Å². The molecule has 3 heterocycles. The Balaban J connectivity index is 1.43. The molecule has 0 unspecified atom stereocenters. The second-order valence-corrected chi connectivity index (χ2v) is 7.95. The molecule has 166 valence electrons. The number of piperazine rings is 1. The number of benzene rings is 1. The van der Waals surface area contributed by atoms with Gasteiger partial charge in [-0.2, -0.15) is 10.1 Å². The summed E-state index contributed by atoms with van der Waals surface area (Å²) in [5.41, 5.74) is 3.42. The number of hydrogen-bond donors (Lipinski definition) is 1. The van der Waals surface area contributed by atoms with Gasteiger partial charge in [-0.15, -0.1) is 5.11 Å². The lowest BCUT2D eigenvalue weighted by atomic mass is 10.1. The lowest BCUT2D eigenvalue weighted by Crippen LogP contribution is -2.44. The molecule has 0 saturated carbocycles. The highest BCUT2D eigenvalue weighted by atomic mass is 16.5. The third-order valence-corrected chi connectivity index (χ3v) is 5.53. The Bertz CT molecular complexity index is 863. The van der Waals surface area contributed by atoms with Crippen molar-refractivity contribution >= 4 is 11.5 Å². The maximum absolute atomic E-state index is 6.03. The van der Waals surface area contributed by atoms with Gasteiger partial charge in [0, 0.05) is 63.6 Å². The maximum atomic E-state index is 6.03. The van der Waals surface area contributed by atoms with Crippen LogP contribution >= 0.6 is 0 Å². The van der Waals surface area contributed by atoms with Crippen molar-refractivity contribution in [3.8, 4) is 5.88 Å². The molecular weight excluding hydrogens is 392 g/mol. The molecule has 1 aromatic heterocycles. The Morgan fingerprint density at radius 2 is 1.94 bits per heavy atom. The Labute approximate surface area is 184 Å². The normalized spacial score (nSPS) is 17.9. The van der Waals surface area contributed by atoms with E-state index in [4.69, 9.17) is 9.47 Å². The molecular formula is C23H32N6O2. The largest absolute Gasteiger partial charge is 0.476 e. The summed E-state index contributed by atoms with van der Waals surface area (Å²) in [5.74, 6) is 1.18. The molecule has 2 saturated heterocycles. The van der Waals surface area contributed by atoms with Crippen LogP contribution in [0.4, 0.5) is 11.5 Å². The number of rotatable bonds is 8. The first kappa shape index (κ1) is 21.7. The summed E-state index contributed by atoms with van der Waals surface area (Å²) in [6.45, 7) is 11.5. The number of nitrogens with one attached hydrogen (secondary N) is 1. The first-order valence-electron chi connectivity index (χ1n) is 11.1. The number of anilines is 1. The number of nitrogens with zero attached hydrogens (tertiary/aromatic N) is 5. The molecule has 0 bridgehead atoms. The molecule has 1 aromatic carbocycles. The summed E-state index contributed by atoms with van der Waals surface area (Å²) in [4.78, 5) is 9.28. The summed E-state index contributed by atoms with van der Waals surface area (Å²) in [6, 6.07) is 12.3. The van der Waals surface area contributed by atoms with Crippen LogP contribution in [-0.4, -0.2) is 75.5 Å². The van der Waals surface area contributed by atoms with Gasteiger partial charge in [0.1, 0.15) is 6.61 Å². The van der Waals surface area contributed by atoms with Crippen LogP contribution in [0.15, 0.2) is 46.6 Å². The van der Waals surface area contributed by atoms with Crippen LogP contribution in [-0.2, 0) is 11.3 Å². The Kier molecular flexibility index (Phi) is 7.81. The fourth-order valence-electron chi connectivity index (χ4n) is 3.82. The van der Waals surface area contributed by atoms with Crippen LogP contribution in [0.1, 0.15) is 11.1 Å². The third-order valence-electron chi connectivity index (χ3n) is 5.53. The van der Waals surface area contributed by atoms with Crippen molar-refractivity contribution in [1.29, 1.82) is 0 Å². The Morgan fingerprint density at radius 3 is 2.74 bits per heavy atom. The van der Waals surface area contributed by atoms with Crippen LogP contribution in [0.2, 0.25) is 0 Å². The summed E-state index contributed by atoms with van der Waals surface area (Å²) >= 11 is 0. The molecule has 2 aliphatic rings. The quantitative estimate of drug-likeness (QED) is 0.657. The molecule has 2 aromatic rings. The third kappa shape index (κ3) is 6.72. The highest BCUT2D eigenvalue weighted by Crippen LogP contribution is 2.26. The van der Waals surface area contributed by atoms with E-state index in [0.717, 1.165) is 70.3 Å². The molecule has 0 amide bonds. The predicted molar refractivity (Wildman–Crippen MR) is 121 cm³/mol. The molecule has 4 rings (SSSR count). The van der Waals surface area contributed by atoms with E-state index in [0.29, 0.717) is 24.8 Å². The molecule has 0 aliphatic carbocycles. The van der Waals surface area contributed by atoms with Gasteiger partial charge in [0.05, 0.1) is 19.8 Å². The Hall–Kier alpha value is -2.55. The van der Waals surface area contributed by atoms with Gasteiger partial charge in [0.25, 0.3) is 0 Å². The van der Waals surface area contributed by atoms with Crippen LogP contribution in [0.3, 0.4) is 0 Å². The summed E-state index contributed by atoms with van der Waals surface area (Å²) in [5, 5.41) is 12.2. The smallest absolute Gasteiger partial charge is 0.217 e. The van der Waals surface area contributed by atoms with E-state index in [9.17, 15) is 0 Å². The van der Waals surface area contributed by atoms with E-state index in [1.807, 2.05) is 18.2 Å². The second-order valence-electron chi connectivity index (χ2n) is 7.95. The molecule has 2 aliphatic heterocycles. The number of hydrogen-bond acceptors (Lipinski definition) is 8. The van der Waals surface area contributed by atoms with Crippen LogP contribution in [0, 0.1) is 6.92 Å².